The van der Waals surface area contributed by atoms with Crippen molar-refractivity contribution < 1.29 is 19.6 Å². The molecular formula is C22H17N3O5S2. The highest BCUT2D eigenvalue weighted by molar-refractivity contribution is 8.26. The van der Waals surface area contributed by atoms with Crippen LogP contribution in [0.5, 0.6) is 0 Å². The molecule has 0 radical (unpaired) electrons. The Labute approximate surface area is 192 Å². The van der Waals surface area contributed by atoms with E-state index in [1.54, 1.807) is 18.2 Å². The Hall–Kier alpha value is -3.50. The summed E-state index contributed by atoms with van der Waals surface area (Å²) in [6.07, 6.45) is 1.76. The monoisotopic (exact) mass is 467 g/mol. The van der Waals surface area contributed by atoms with Crippen LogP contribution in [-0.2, 0) is 16.1 Å². The van der Waals surface area contributed by atoms with Crippen LogP contribution in [0.1, 0.15) is 16.8 Å². The molecule has 0 atom stereocenters. The quantitative estimate of drug-likeness (QED) is 0.251. The molecule has 162 valence electrons. The van der Waals surface area contributed by atoms with E-state index in [-0.39, 0.29) is 10.0 Å². The lowest BCUT2D eigenvalue weighted by atomic mass is 10.1. The summed E-state index contributed by atoms with van der Waals surface area (Å²) >= 11 is 6.28. The first kappa shape index (κ1) is 21.7. The summed E-state index contributed by atoms with van der Waals surface area (Å²) in [4.78, 5) is 35.7. The number of carboxylic acids is 1. The zero-order valence-corrected chi connectivity index (χ0v) is 18.5. The van der Waals surface area contributed by atoms with Gasteiger partial charge in [0.15, 0.2) is 0 Å². The molecule has 0 spiro atoms. The fourth-order valence-electron chi connectivity index (χ4n) is 3.65. The molecule has 1 aliphatic rings. The van der Waals surface area contributed by atoms with Gasteiger partial charge in [-0.2, -0.15) is 0 Å². The summed E-state index contributed by atoms with van der Waals surface area (Å²) in [5, 5.41) is 20.9. The number of carbonyl (C=O) groups is 2. The van der Waals surface area contributed by atoms with E-state index in [0.717, 1.165) is 44.4 Å². The van der Waals surface area contributed by atoms with Gasteiger partial charge in [-0.1, -0.05) is 54.3 Å². The summed E-state index contributed by atoms with van der Waals surface area (Å²) in [7, 11) is 0. The molecule has 0 bridgehead atoms. The van der Waals surface area contributed by atoms with Gasteiger partial charge in [-0.05, 0) is 24.6 Å². The van der Waals surface area contributed by atoms with Crippen LogP contribution >= 0.6 is 24.0 Å². The van der Waals surface area contributed by atoms with E-state index in [0.29, 0.717) is 11.4 Å². The number of hydrogen-bond acceptors (Lipinski definition) is 6. The number of nitrogens with zero attached hydrogens (tertiary/aromatic N) is 3. The van der Waals surface area contributed by atoms with Gasteiger partial charge in [0.05, 0.1) is 9.83 Å². The topological polar surface area (TPSA) is 106 Å². The van der Waals surface area contributed by atoms with Crippen molar-refractivity contribution in [2.75, 3.05) is 6.54 Å². The van der Waals surface area contributed by atoms with E-state index < -0.39 is 23.3 Å². The number of rotatable bonds is 6. The number of benzene rings is 2. The maximum Gasteiger partial charge on any atom is 0.323 e. The van der Waals surface area contributed by atoms with Crippen molar-refractivity contribution in [2.45, 2.75) is 13.5 Å². The van der Waals surface area contributed by atoms with Gasteiger partial charge in [-0.25, -0.2) is 0 Å². The highest BCUT2D eigenvalue weighted by atomic mass is 32.2. The van der Waals surface area contributed by atoms with Crippen LogP contribution in [0.4, 0.5) is 5.69 Å². The third-order valence-corrected chi connectivity index (χ3v) is 6.59. The molecule has 1 fully saturated rings. The third kappa shape index (κ3) is 4.02. The molecule has 8 nitrogen and oxygen atoms in total. The van der Waals surface area contributed by atoms with Crippen molar-refractivity contribution in [2.24, 2.45) is 0 Å². The SMILES string of the molecule is Cc1c(C=C2SC(=S)N(CC(=O)O)C2=O)c2ccccc2n1Cc1ccc([N+](=O)[O-])cc1. The fraction of sp³-hybridized carbons (Fsp3) is 0.136. The summed E-state index contributed by atoms with van der Waals surface area (Å²) < 4.78 is 2.30. The minimum atomic E-state index is -1.13. The number of non-ortho nitro benzene ring substituents is 1. The van der Waals surface area contributed by atoms with Crippen molar-refractivity contribution >= 4 is 62.8 Å². The molecule has 1 N–H and O–H groups in total. The van der Waals surface area contributed by atoms with Crippen LogP contribution < -0.4 is 0 Å². The number of thiocarbonyl (C=S) groups is 1. The number of aliphatic carboxylic acids is 1. The standard InChI is InChI=1S/C22H17N3O5S2/c1-13-17(10-19-21(28)24(12-20(26)27)22(31)32-19)16-4-2-3-5-18(16)23(13)11-14-6-8-15(9-7-14)25(29)30/h2-10H,11-12H2,1H3,(H,26,27). The van der Waals surface area contributed by atoms with Gasteiger partial charge in [-0.15, -0.1) is 0 Å². The number of para-hydroxylation sites is 1. The molecule has 10 heteroatoms. The van der Waals surface area contributed by atoms with Crippen LogP contribution in [0.15, 0.2) is 53.4 Å². The van der Waals surface area contributed by atoms with Crippen LogP contribution in [0.3, 0.4) is 0 Å². The number of fused-ring (bicyclic) bond motifs is 1. The Morgan fingerprint density at radius 1 is 1.22 bits per heavy atom. The van der Waals surface area contributed by atoms with Crippen molar-refractivity contribution in [1.82, 2.24) is 9.47 Å². The number of thioether (sulfide) groups is 1. The average Bonchev–Trinajstić information content (AvgIpc) is 3.17. The predicted octanol–water partition coefficient (Wildman–Crippen LogP) is 4.19. The second kappa shape index (κ2) is 8.56. The first-order chi connectivity index (χ1) is 15.3. The molecule has 3 aromatic rings. The van der Waals surface area contributed by atoms with Gasteiger partial charge < -0.3 is 9.67 Å². The molecule has 4 rings (SSSR count). The summed E-state index contributed by atoms with van der Waals surface area (Å²) in [6.45, 7) is 1.97. The molecule has 1 aliphatic heterocycles. The number of amides is 1. The lowest BCUT2D eigenvalue weighted by molar-refractivity contribution is -0.384. The molecule has 2 aromatic carbocycles. The molecule has 1 saturated heterocycles. The molecule has 1 aromatic heterocycles. The second-order valence-corrected chi connectivity index (χ2v) is 8.86. The van der Waals surface area contributed by atoms with Crippen LogP contribution in [-0.4, -0.2) is 42.2 Å². The van der Waals surface area contributed by atoms with E-state index in [4.69, 9.17) is 17.3 Å². The maximum atomic E-state index is 12.7. The number of carboxylic acid groups (broad SMARTS) is 1. The Kier molecular flexibility index (Phi) is 5.81. The van der Waals surface area contributed by atoms with Crippen LogP contribution in [0.2, 0.25) is 0 Å². The van der Waals surface area contributed by atoms with Gasteiger partial charge in [0.1, 0.15) is 10.9 Å². The Morgan fingerprint density at radius 3 is 2.56 bits per heavy atom. The third-order valence-electron chi connectivity index (χ3n) is 5.21. The number of hydrogen-bond donors (Lipinski definition) is 1. The largest absolute Gasteiger partial charge is 0.480 e. The zero-order valence-electron chi connectivity index (χ0n) is 16.8. The summed E-state index contributed by atoms with van der Waals surface area (Å²) in [6, 6.07) is 14.2. The zero-order chi connectivity index (χ0) is 23.0. The number of nitro groups is 1. The number of nitro benzene ring substituents is 1. The summed E-state index contributed by atoms with van der Waals surface area (Å²) in [5.41, 5.74) is 3.65. The smallest absolute Gasteiger partial charge is 0.323 e. The van der Waals surface area contributed by atoms with E-state index in [2.05, 4.69) is 4.57 Å². The Balaban J connectivity index is 1.74. The molecule has 0 aliphatic carbocycles. The highest BCUT2D eigenvalue weighted by Crippen LogP contribution is 2.36. The van der Waals surface area contributed by atoms with Gasteiger partial charge >= 0.3 is 5.97 Å². The fourth-order valence-corrected chi connectivity index (χ4v) is 4.89. The number of carbonyl (C=O) groups excluding carboxylic acids is 1. The minimum absolute atomic E-state index is 0.0342. The lowest BCUT2D eigenvalue weighted by Gasteiger charge is -2.10. The minimum Gasteiger partial charge on any atom is -0.480 e. The van der Waals surface area contributed by atoms with E-state index >= 15 is 0 Å². The van der Waals surface area contributed by atoms with Gasteiger partial charge in [-0.3, -0.25) is 24.6 Å². The first-order valence-corrected chi connectivity index (χ1v) is 10.8. The van der Waals surface area contributed by atoms with Gasteiger partial charge in [0.25, 0.3) is 11.6 Å². The van der Waals surface area contributed by atoms with Gasteiger partial charge in [0.2, 0.25) is 0 Å². The first-order valence-electron chi connectivity index (χ1n) is 9.54. The van der Waals surface area contributed by atoms with E-state index in [9.17, 15) is 19.7 Å². The van der Waals surface area contributed by atoms with Gasteiger partial charge in [0, 0.05) is 40.8 Å². The molecular weight excluding hydrogens is 450 g/mol. The van der Waals surface area contributed by atoms with Crippen molar-refractivity contribution in [3.05, 3.63) is 80.4 Å². The average molecular weight is 468 g/mol. The van der Waals surface area contributed by atoms with Crippen LogP contribution in [0.25, 0.3) is 17.0 Å². The molecule has 32 heavy (non-hydrogen) atoms. The Morgan fingerprint density at radius 2 is 1.91 bits per heavy atom. The predicted molar refractivity (Wildman–Crippen MR) is 126 cm³/mol. The number of aromatic nitrogens is 1. The molecule has 0 unspecified atom stereocenters. The Bertz CT molecular complexity index is 1310. The van der Waals surface area contributed by atoms with Crippen molar-refractivity contribution in [3.8, 4) is 0 Å². The highest BCUT2D eigenvalue weighted by Gasteiger charge is 2.33. The van der Waals surface area contributed by atoms with Crippen molar-refractivity contribution in [1.29, 1.82) is 0 Å². The maximum absolute atomic E-state index is 12.7. The van der Waals surface area contributed by atoms with Crippen LogP contribution in [0, 0.1) is 17.0 Å². The molecule has 1 amide bonds. The second-order valence-electron chi connectivity index (χ2n) is 7.19. The molecule has 0 saturated carbocycles. The lowest BCUT2D eigenvalue weighted by Crippen LogP contribution is -2.33. The van der Waals surface area contributed by atoms with E-state index in [1.165, 1.54) is 12.1 Å². The summed E-state index contributed by atoms with van der Waals surface area (Å²) in [5.74, 6) is -1.55. The normalized spacial score (nSPS) is 15.2. The van der Waals surface area contributed by atoms with E-state index in [1.807, 2.05) is 31.2 Å². The van der Waals surface area contributed by atoms with Crippen molar-refractivity contribution in [3.63, 3.8) is 0 Å². The molecule has 2 heterocycles.